The minimum absolute atomic E-state index is 0. The number of halogens is 1. The molecule has 3 rings (SSSR count). The third-order valence-corrected chi connectivity index (χ3v) is 5.14. The average molecular weight is 629 g/mol. The van der Waals surface area contributed by atoms with Crippen LogP contribution in [0.25, 0.3) is 0 Å². The molecule has 0 aromatic heterocycles. The number of nitrogens with zero attached hydrogens (tertiary/aromatic N) is 1. The van der Waals surface area contributed by atoms with Crippen molar-refractivity contribution >= 4 is 25.8 Å². The van der Waals surface area contributed by atoms with Gasteiger partial charge < -0.3 is 0 Å². The molecule has 31 heavy (non-hydrogen) atoms. The van der Waals surface area contributed by atoms with Gasteiger partial charge in [-0.15, -0.1) is 0 Å². The molecule has 1 aliphatic heterocycles. The Morgan fingerprint density at radius 2 is 0.935 bits per heavy atom. The Kier molecular flexibility index (Phi) is 34.1. The number of hydrogen-bond donors (Lipinski definition) is 0. The van der Waals surface area contributed by atoms with Crippen LogP contribution in [0.3, 0.4) is 0 Å². The predicted octanol–water partition coefficient (Wildman–Crippen LogP) is 5.77. The van der Waals surface area contributed by atoms with Crippen LogP contribution in [0.5, 0.6) is 0 Å². The smallest absolute Gasteiger partial charge is 0 e. The van der Waals surface area contributed by atoms with Crippen LogP contribution in [0.2, 0.25) is 5.02 Å². The Bertz CT molecular complexity index is 775. The quantitative estimate of drug-likeness (QED) is 0.214. The molecule has 1 aliphatic carbocycles. The molecule has 1 heterocycles. The molecule has 1 aromatic carbocycles. The standard InChI is InChI=1S/C10H15.C7H5ClNP.5CO.W/c1-6-7(2)9(4)10(5)8(6)3;8-6-3-1-5(2-4-6)7-9-10-7;5*1-2;/h1-5H3;1-4,10H;;;;;;. The van der Waals surface area contributed by atoms with Gasteiger partial charge >= 0.3 is 56.5 Å². The van der Waals surface area contributed by atoms with Crippen molar-refractivity contribution in [3.63, 3.8) is 0 Å². The van der Waals surface area contributed by atoms with E-state index in [-0.39, 0.29) is 21.1 Å². The molecule has 1 aromatic rings. The zero-order valence-electron chi connectivity index (χ0n) is 17.6. The molecule has 1 unspecified atom stereocenters. The van der Waals surface area contributed by atoms with Crippen LogP contribution in [0.1, 0.15) is 40.2 Å². The molecular formula is C22H20ClNO5PW. The van der Waals surface area contributed by atoms with E-state index < -0.39 is 0 Å². The predicted molar refractivity (Wildman–Crippen MR) is 112 cm³/mol. The molecule has 2 aliphatic rings. The van der Waals surface area contributed by atoms with Crippen molar-refractivity contribution in [2.45, 2.75) is 34.6 Å². The molecule has 1 atom stereocenters. The fourth-order valence-corrected chi connectivity index (χ4v) is 2.78. The number of rotatable bonds is 1. The summed E-state index contributed by atoms with van der Waals surface area (Å²) in [5, 5.41) is 0.785. The maximum atomic E-state index is 7.50. The second kappa shape index (κ2) is 26.5. The van der Waals surface area contributed by atoms with E-state index in [2.05, 4.69) is 72.6 Å². The molecule has 6 nitrogen and oxygen atoms in total. The summed E-state index contributed by atoms with van der Waals surface area (Å²) >= 11 is 5.70. The number of benzene rings is 1. The molecule has 0 saturated heterocycles. The van der Waals surface area contributed by atoms with E-state index in [0.717, 1.165) is 5.02 Å². The summed E-state index contributed by atoms with van der Waals surface area (Å²) in [5.74, 6) is 1.47. The van der Waals surface area contributed by atoms with Crippen LogP contribution in [0.15, 0.2) is 51.3 Å². The molecule has 0 amide bonds. The molecule has 0 spiro atoms. The van der Waals surface area contributed by atoms with Crippen LogP contribution in [-0.2, 0) is 44.3 Å². The summed E-state index contributed by atoms with van der Waals surface area (Å²) in [6, 6.07) is 7.78. The molecule has 0 bridgehead atoms. The second-order valence-corrected chi connectivity index (χ2v) is 6.56. The van der Waals surface area contributed by atoms with Crippen molar-refractivity contribution in [1.29, 1.82) is 0 Å². The first-order valence-electron chi connectivity index (χ1n) is 7.73. The topological polar surface area (TPSA) is 112 Å². The van der Waals surface area contributed by atoms with Crippen molar-refractivity contribution in [3.05, 3.63) is 96.3 Å². The summed E-state index contributed by atoms with van der Waals surface area (Å²) < 4.78 is 41.6. The third-order valence-electron chi connectivity index (χ3n) is 4.15. The van der Waals surface area contributed by atoms with E-state index in [0.29, 0.717) is 8.73 Å². The zero-order chi connectivity index (χ0) is 24.9. The summed E-state index contributed by atoms with van der Waals surface area (Å²) in [4.78, 5) is 0. The Balaban J connectivity index is -0.000000102. The molecule has 161 valence electrons. The second-order valence-electron chi connectivity index (χ2n) is 5.20. The normalized spacial score (nSPS) is 12.7. The molecule has 9 heteroatoms. The first kappa shape index (κ1) is 39.9. The Morgan fingerprint density at radius 1 is 0.645 bits per heavy atom. The minimum Gasteiger partial charge on any atom is 0 e. The van der Waals surface area contributed by atoms with Crippen LogP contribution < -0.4 is 0 Å². The van der Waals surface area contributed by atoms with Gasteiger partial charge in [0.25, 0.3) is 0 Å². The van der Waals surface area contributed by atoms with Crippen LogP contribution in [0, 0.1) is 39.2 Å². The van der Waals surface area contributed by atoms with Crippen molar-refractivity contribution in [2.24, 2.45) is 4.76 Å². The van der Waals surface area contributed by atoms with Gasteiger partial charge in [0, 0.05) is 37.6 Å². The van der Waals surface area contributed by atoms with Crippen LogP contribution >= 0.6 is 20.3 Å². The third kappa shape index (κ3) is 15.9. The molecule has 0 N–H and O–H groups in total. The van der Waals surface area contributed by atoms with Gasteiger partial charge in [0.2, 0.25) is 0 Å². The summed E-state index contributed by atoms with van der Waals surface area (Å²) in [5.41, 5.74) is 8.30. The van der Waals surface area contributed by atoms with Gasteiger partial charge in [-0.25, -0.2) is 0 Å². The molecule has 1 radical (unpaired) electrons. The maximum Gasteiger partial charge on any atom is 0 e. The molecule has 0 fully saturated rings. The monoisotopic (exact) mass is 628 g/mol. The SMILES string of the molecule is C[C]1C(C)=C(C)C(C)=C1C.Clc1ccc(C2=NP2)cc1.[C-]#[O+].[C-]#[O+].[C-]#[O+].[C-]#[O+].[C-]#[O+].[W]. The van der Waals surface area contributed by atoms with Gasteiger partial charge in [0.1, 0.15) is 0 Å². The van der Waals surface area contributed by atoms with Crippen molar-refractivity contribution in [1.82, 2.24) is 0 Å². The van der Waals surface area contributed by atoms with Gasteiger partial charge in [-0.1, -0.05) is 41.8 Å². The van der Waals surface area contributed by atoms with E-state index >= 15 is 0 Å². The fraction of sp³-hybridized carbons (Fsp3) is 0.227. The first-order chi connectivity index (χ1) is 14.4. The van der Waals surface area contributed by atoms with E-state index in [1.807, 2.05) is 24.3 Å². The van der Waals surface area contributed by atoms with Crippen molar-refractivity contribution < 1.29 is 44.3 Å². The number of allylic oxidation sites excluding steroid dienone is 4. The van der Waals surface area contributed by atoms with Crippen molar-refractivity contribution in [2.75, 3.05) is 0 Å². The Labute approximate surface area is 205 Å². The number of hydrogen-bond acceptors (Lipinski definition) is 1. The van der Waals surface area contributed by atoms with E-state index in [9.17, 15) is 0 Å². The van der Waals surface area contributed by atoms with Gasteiger partial charge in [-0.3, -0.25) is 4.76 Å². The fourth-order valence-electron chi connectivity index (χ4n) is 2.17. The van der Waals surface area contributed by atoms with Crippen LogP contribution in [0.4, 0.5) is 0 Å². The average Bonchev–Trinajstić information content (AvgIpc) is 3.67. The molecular weight excluding hydrogens is 609 g/mol. The maximum absolute atomic E-state index is 7.50. The zero-order valence-corrected chi connectivity index (χ0v) is 22.3. The van der Waals surface area contributed by atoms with Gasteiger partial charge in [0.05, 0.1) is 14.2 Å². The van der Waals surface area contributed by atoms with Crippen molar-refractivity contribution in [3.8, 4) is 0 Å². The van der Waals surface area contributed by atoms with Gasteiger partial charge in [0.15, 0.2) is 0 Å². The summed E-state index contributed by atoms with van der Waals surface area (Å²) in [6.07, 6.45) is 0. The van der Waals surface area contributed by atoms with Crippen LogP contribution in [-0.4, -0.2) is 5.45 Å². The van der Waals surface area contributed by atoms with E-state index in [1.165, 1.54) is 39.2 Å². The minimum atomic E-state index is 0. The summed E-state index contributed by atoms with van der Waals surface area (Å²) in [6.45, 7) is 33.5. The molecule has 0 saturated carbocycles. The van der Waals surface area contributed by atoms with Gasteiger partial charge in [-0.2, -0.15) is 0 Å². The van der Waals surface area contributed by atoms with E-state index in [4.69, 9.17) is 34.9 Å². The first-order valence-corrected chi connectivity index (χ1v) is 9.05. The Morgan fingerprint density at radius 3 is 1.13 bits per heavy atom. The van der Waals surface area contributed by atoms with E-state index in [1.54, 1.807) is 0 Å². The largest absolute Gasteiger partial charge is 0 e. The van der Waals surface area contributed by atoms with Gasteiger partial charge in [-0.05, 0) is 51.0 Å². The Hall–Kier alpha value is -1.52. The summed E-state index contributed by atoms with van der Waals surface area (Å²) in [7, 11) is 0.697.